The normalized spacial score (nSPS) is 17.9. The summed E-state index contributed by atoms with van der Waals surface area (Å²) >= 11 is 0. The third kappa shape index (κ3) is 2.64. The maximum atomic E-state index is 5.90. The van der Waals surface area contributed by atoms with Gasteiger partial charge in [0, 0.05) is 43.8 Å². The number of nitrogens with two attached hydrogens (primary N) is 1. The van der Waals surface area contributed by atoms with Gasteiger partial charge in [-0.1, -0.05) is 0 Å². The summed E-state index contributed by atoms with van der Waals surface area (Å²) in [5.74, 6) is 0. The first-order chi connectivity index (χ1) is 9.63. The molecule has 2 N–H and O–H groups in total. The van der Waals surface area contributed by atoms with Crippen molar-refractivity contribution in [2.45, 2.75) is 13.5 Å². The third-order valence-electron chi connectivity index (χ3n) is 4.18. The number of aryl methyl sites for hydroxylation is 1. The van der Waals surface area contributed by atoms with E-state index in [1.807, 2.05) is 12.1 Å². The zero-order valence-electron chi connectivity index (χ0n) is 12.3. The Bertz CT molecular complexity index is 596. The van der Waals surface area contributed by atoms with Crippen molar-refractivity contribution in [3.8, 4) is 0 Å². The summed E-state index contributed by atoms with van der Waals surface area (Å²) in [6.07, 6.45) is 0. The van der Waals surface area contributed by atoms with Gasteiger partial charge in [0.25, 0.3) is 0 Å². The number of nitrogens with zero attached hydrogens (tertiary/aromatic N) is 4. The molecule has 20 heavy (non-hydrogen) atoms. The highest BCUT2D eigenvalue weighted by atomic mass is 15.3. The van der Waals surface area contributed by atoms with Crippen molar-refractivity contribution in [1.29, 1.82) is 0 Å². The molecule has 0 bridgehead atoms. The van der Waals surface area contributed by atoms with Gasteiger partial charge in [0.1, 0.15) is 0 Å². The van der Waals surface area contributed by atoms with Crippen LogP contribution in [0, 0.1) is 6.92 Å². The standard InChI is InChI=1S/C15H23N5/c1-12-14-4-3-13(16)11-15(14)20(17-12)10-9-19-7-5-18(2)6-8-19/h3-4,11H,5-10,16H2,1-2H3. The second-order valence-electron chi connectivity index (χ2n) is 5.73. The SMILES string of the molecule is Cc1nn(CCN2CCN(C)CC2)c2cc(N)ccc12. The van der Waals surface area contributed by atoms with E-state index in [9.17, 15) is 0 Å². The van der Waals surface area contributed by atoms with E-state index < -0.39 is 0 Å². The van der Waals surface area contributed by atoms with Gasteiger partial charge in [0.2, 0.25) is 0 Å². The number of likely N-dealkylation sites (N-methyl/N-ethyl adjacent to an activating group) is 1. The van der Waals surface area contributed by atoms with Crippen LogP contribution in [0.3, 0.4) is 0 Å². The number of rotatable bonds is 3. The summed E-state index contributed by atoms with van der Waals surface area (Å²) in [7, 11) is 2.19. The largest absolute Gasteiger partial charge is 0.399 e. The molecular formula is C15H23N5. The Morgan fingerprint density at radius 1 is 1.15 bits per heavy atom. The molecule has 1 saturated heterocycles. The number of nitrogen functional groups attached to an aromatic ring is 1. The van der Waals surface area contributed by atoms with Crippen LogP contribution in [0.25, 0.3) is 10.9 Å². The van der Waals surface area contributed by atoms with Crippen LogP contribution in [-0.2, 0) is 6.54 Å². The van der Waals surface area contributed by atoms with E-state index in [-0.39, 0.29) is 0 Å². The van der Waals surface area contributed by atoms with E-state index in [1.165, 1.54) is 5.39 Å². The molecule has 0 aliphatic carbocycles. The van der Waals surface area contributed by atoms with Crippen LogP contribution in [0.1, 0.15) is 5.69 Å². The highest BCUT2D eigenvalue weighted by molar-refractivity contribution is 5.84. The molecular weight excluding hydrogens is 250 g/mol. The van der Waals surface area contributed by atoms with E-state index in [0.717, 1.165) is 56.2 Å². The number of hydrogen-bond acceptors (Lipinski definition) is 4. The van der Waals surface area contributed by atoms with Crippen molar-refractivity contribution < 1.29 is 0 Å². The van der Waals surface area contributed by atoms with E-state index in [0.29, 0.717) is 0 Å². The number of piperazine rings is 1. The van der Waals surface area contributed by atoms with E-state index in [2.05, 4.69) is 39.6 Å². The smallest absolute Gasteiger partial charge is 0.0706 e. The molecule has 5 heteroatoms. The predicted octanol–water partition coefficient (Wildman–Crippen LogP) is 1.17. The quantitative estimate of drug-likeness (QED) is 0.853. The number of fused-ring (bicyclic) bond motifs is 1. The monoisotopic (exact) mass is 273 g/mol. The summed E-state index contributed by atoms with van der Waals surface area (Å²) in [6.45, 7) is 8.66. The Balaban J connectivity index is 1.73. The highest BCUT2D eigenvalue weighted by Gasteiger charge is 2.14. The Morgan fingerprint density at radius 3 is 2.65 bits per heavy atom. The average molecular weight is 273 g/mol. The molecule has 0 unspecified atom stereocenters. The Labute approximate surface area is 119 Å². The molecule has 1 aromatic heterocycles. The van der Waals surface area contributed by atoms with Crippen molar-refractivity contribution in [2.24, 2.45) is 0 Å². The van der Waals surface area contributed by atoms with Gasteiger partial charge in [-0.3, -0.25) is 9.58 Å². The lowest BCUT2D eigenvalue weighted by molar-refractivity contribution is 0.149. The van der Waals surface area contributed by atoms with Gasteiger partial charge in [0.15, 0.2) is 0 Å². The van der Waals surface area contributed by atoms with Crippen LogP contribution < -0.4 is 5.73 Å². The van der Waals surface area contributed by atoms with Crippen LogP contribution >= 0.6 is 0 Å². The number of aromatic nitrogens is 2. The van der Waals surface area contributed by atoms with Gasteiger partial charge in [-0.25, -0.2) is 0 Å². The summed E-state index contributed by atoms with van der Waals surface area (Å²) in [4.78, 5) is 4.89. The molecule has 0 saturated carbocycles. The van der Waals surface area contributed by atoms with Crippen molar-refractivity contribution >= 4 is 16.6 Å². The Morgan fingerprint density at radius 2 is 1.90 bits per heavy atom. The first-order valence-electron chi connectivity index (χ1n) is 7.27. The molecule has 1 aliphatic rings. The zero-order valence-corrected chi connectivity index (χ0v) is 12.3. The topological polar surface area (TPSA) is 50.3 Å². The zero-order chi connectivity index (χ0) is 14.1. The maximum Gasteiger partial charge on any atom is 0.0706 e. The van der Waals surface area contributed by atoms with Crippen molar-refractivity contribution in [2.75, 3.05) is 45.5 Å². The fraction of sp³-hybridized carbons (Fsp3) is 0.533. The van der Waals surface area contributed by atoms with Crippen molar-refractivity contribution in [1.82, 2.24) is 19.6 Å². The third-order valence-corrected chi connectivity index (χ3v) is 4.18. The molecule has 0 amide bonds. The first kappa shape index (κ1) is 13.4. The van der Waals surface area contributed by atoms with Gasteiger partial charge in [-0.05, 0) is 32.2 Å². The molecule has 1 aromatic carbocycles. The van der Waals surface area contributed by atoms with E-state index >= 15 is 0 Å². The highest BCUT2D eigenvalue weighted by Crippen LogP contribution is 2.20. The van der Waals surface area contributed by atoms with Gasteiger partial charge in [-0.2, -0.15) is 5.10 Å². The lowest BCUT2D eigenvalue weighted by atomic mass is 10.2. The van der Waals surface area contributed by atoms with Gasteiger partial charge in [0.05, 0.1) is 17.8 Å². The second-order valence-corrected chi connectivity index (χ2v) is 5.73. The summed E-state index contributed by atoms with van der Waals surface area (Å²) in [6, 6.07) is 6.04. The molecule has 0 radical (unpaired) electrons. The molecule has 0 spiro atoms. The van der Waals surface area contributed by atoms with Crippen molar-refractivity contribution in [3.05, 3.63) is 23.9 Å². The summed E-state index contributed by atoms with van der Waals surface area (Å²) < 4.78 is 2.10. The number of anilines is 1. The maximum absolute atomic E-state index is 5.90. The first-order valence-corrected chi connectivity index (χ1v) is 7.27. The van der Waals surface area contributed by atoms with Gasteiger partial charge < -0.3 is 10.6 Å². The minimum atomic E-state index is 0.804. The molecule has 2 aromatic rings. The average Bonchev–Trinajstić information content (AvgIpc) is 2.74. The molecule has 108 valence electrons. The fourth-order valence-corrected chi connectivity index (χ4v) is 2.84. The Kier molecular flexibility index (Phi) is 3.63. The number of benzene rings is 1. The lowest BCUT2D eigenvalue weighted by Gasteiger charge is -2.32. The molecule has 1 fully saturated rings. The minimum Gasteiger partial charge on any atom is -0.399 e. The summed E-state index contributed by atoms with van der Waals surface area (Å²) in [5, 5.41) is 5.86. The number of hydrogen-bond donors (Lipinski definition) is 1. The van der Waals surface area contributed by atoms with Gasteiger partial charge >= 0.3 is 0 Å². The van der Waals surface area contributed by atoms with Crippen molar-refractivity contribution in [3.63, 3.8) is 0 Å². The van der Waals surface area contributed by atoms with Crippen LogP contribution in [0.15, 0.2) is 18.2 Å². The van der Waals surface area contributed by atoms with E-state index in [4.69, 9.17) is 5.73 Å². The molecule has 5 nitrogen and oxygen atoms in total. The molecule has 3 rings (SSSR count). The van der Waals surface area contributed by atoms with Crippen LogP contribution in [-0.4, -0.2) is 59.4 Å². The van der Waals surface area contributed by atoms with Crippen LogP contribution in [0.5, 0.6) is 0 Å². The van der Waals surface area contributed by atoms with E-state index in [1.54, 1.807) is 0 Å². The minimum absolute atomic E-state index is 0.804. The molecule has 2 heterocycles. The molecule has 0 atom stereocenters. The fourth-order valence-electron chi connectivity index (χ4n) is 2.84. The molecule has 1 aliphatic heterocycles. The van der Waals surface area contributed by atoms with Gasteiger partial charge in [-0.15, -0.1) is 0 Å². The second kappa shape index (κ2) is 5.42. The Hall–Kier alpha value is -1.59. The summed E-state index contributed by atoms with van der Waals surface area (Å²) in [5.41, 5.74) is 8.93. The van der Waals surface area contributed by atoms with Crippen LogP contribution in [0.4, 0.5) is 5.69 Å². The predicted molar refractivity (Wildman–Crippen MR) is 82.8 cm³/mol. The van der Waals surface area contributed by atoms with Crippen LogP contribution in [0.2, 0.25) is 0 Å². The lowest BCUT2D eigenvalue weighted by Crippen LogP contribution is -2.45.